The summed E-state index contributed by atoms with van der Waals surface area (Å²) in [5.74, 6) is 1.99. The van der Waals surface area contributed by atoms with Gasteiger partial charge in [0.25, 0.3) is 0 Å². The topological polar surface area (TPSA) is 74.7 Å². The molecule has 7 nitrogen and oxygen atoms in total. The van der Waals surface area contributed by atoms with Gasteiger partial charge in [-0.05, 0) is 32.0 Å². The van der Waals surface area contributed by atoms with Gasteiger partial charge in [-0.25, -0.2) is 9.97 Å². The third-order valence-electron chi connectivity index (χ3n) is 5.04. The average molecular weight is 367 g/mol. The fraction of sp³-hybridized carbons (Fsp3) is 0.389. The molecule has 3 aromatic heterocycles. The van der Waals surface area contributed by atoms with Gasteiger partial charge in [0.1, 0.15) is 17.8 Å². The van der Waals surface area contributed by atoms with Crippen molar-refractivity contribution in [2.45, 2.75) is 18.9 Å². The number of H-pyrrole nitrogens is 1. The van der Waals surface area contributed by atoms with E-state index in [2.05, 4.69) is 47.3 Å². The normalized spacial score (nSPS) is 19.1. The van der Waals surface area contributed by atoms with E-state index in [1.165, 1.54) is 10.5 Å². The summed E-state index contributed by atoms with van der Waals surface area (Å²) in [6.07, 6.45) is 12.2. The van der Waals surface area contributed by atoms with Crippen molar-refractivity contribution >= 4 is 33.5 Å². The molecule has 0 amide bonds. The number of aromatic amines is 1. The molecule has 8 heteroatoms. The number of thioether (sulfide) groups is 1. The Hall–Kier alpha value is -2.32. The van der Waals surface area contributed by atoms with Crippen LogP contribution in [0.1, 0.15) is 24.4 Å². The second-order valence-corrected chi connectivity index (χ2v) is 7.80. The highest BCUT2D eigenvalue weighted by molar-refractivity contribution is 8.08. The summed E-state index contributed by atoms with van der Waals surface area (Å²) in [5.41, 5.74) is 2.07. The van der Waals surface area contributed by atoms with Crippen molar-refractivity contribution in [3.05, 3.63) is 42.7 Å². The van der Waals surface area contributed by atoms with E-state index in [0.717, 1.165) is 55.1 Å². The zero-order chi connectivity index (χ0) is 17.3. The van der Waals surface area contributed by atoms with Gasteiger partial charge in [0.05, 0.1) is 17.6 Å². The van der Waals surface area contributed by atoms with Gasteiger partial charge in [-0.1, -0.05) is 0 Å². The molecule has 5 rings (SSSR count). The van der Waals surface area contributed by atoms with Crippen LogP contribution in [0.15, 0.2) is 37.2 Å². The van der Waals surface area contributed by atoms with Gasteiger partial charge in [-0.2, -0.15) is 5.10 Å². The largest absolute Gasteiger partial charge is 0.346 e. The van der Waals surface area contributed by atoms with Gasteiger partial charge >= 0.3 is 0 Å². The molecular weight excluding hydrogens is 346 g/mol. The molecule has 0 radical (unpaired) electrons. The Labute approximate surface area is 155 Å². The molecule has 26 heavy (non-hydrogen) atoms. The molecule has 2 aliphatic heterocycles. The minimum atomic E-state index is 0.511. The van der Waals surface area contributed by atoms with E-state index in [9.17, 15) is 0 Å². The van der Waals surface area contributed by atoms with E-state index in [1.54, 1.807) is 6.33 Å². The monoisotopic (exact) mass is 367 g/mol. The Kier molecular flexibility index (Phi) is 4.14. The number of fused-ring (bicyclic) bond motifs is 1. The fourth-order valence-corrected chi connectivity index (χ4v) is 4.63. The average Bonchev–Trinajstić information content (AvgIpc) is 3.38. The highest BCUT2D eigenvalue weighted by atomic mass is 32.2. The Balaban J connectivity index is 1.44. The quantitative estimate of drug-likeness (QED) is 0.741. The Morgan fingerprint density at radius 2 is 2.12 bits per heavy atom. The molecule has 3 aromatic rings. The predicted octanol–water partition coefficient (Wildman–Crippen LogP) is 2.63. The van der Waals surface area contributed by atoms with Crippen molar-refractivity contribution in [2.24, 2.45) is 0 Å². The van der Waals surface area contributed by atoms with Gasteiger partial charge < -0.3 is 15.2 Å². The first-order chi connectivity index (χ1) is 12.9. The number of nitrogens with zero attached hydrogens (tertiary/aromatic N) is 5. The van der Waals surface area contributed by atoms with Crippen LogP contribution < -0.4 is 10.2 Å². The number of rotatable bonds is 3. The second kappa shape index (κ2) is 6.77. The van der Waals surface area contributed by atoms with Gasteiger partial charge in [-0.3, -0.25) is 4.68 Å². The summed E-state index contributed by atoms with van der Waals surface area (Å²) in [5, 5.41) is 9.11. The summed E-state index contributed by atoms with van der Waals surface area (Å²) in [4.78, 5) is 15.5. The fourth-order valence-electron chi connectivity index (χ4n) is 3.65. The maximum atomic E-state index is 4.64. The van der Waals surface area contributed by atoms with Crippen molar-refractivity contribution in [3.63, 3.8) is 0 Å². The molecule has 0 unspecified atom stereocenters. The number of aromatic nitrogens is 5. The van der Waals surface area contributed by atoms with E-state index in [-0.39, 0.29) is 0 Å². The number of anilines is 1. The van der Waals surface area contributed by atoms with Crippen LogP contribution in [0.25, 0.3) is 15.9 Å². The lowest BCUT2D eigenvalue weighted by Crippen LogP contribution is -2.29. The molecule has 0 spiro atoms. The molecule has 2 N–H and O–H groups in total. The van der Waals surface area contributed by atoms with Crippen LogP contribution in [-0.2, 0) is 0 Å². The smallest absolute Gasteiger partial charge is 0.145 e. The van der Waals surface area contributed by atoms with Crippen molar-refractivity contribution in [3.8, 4) is 0 Å². The summed E-state index contributed by atoms with van der Waals surface area (Å²) in [7, 11) is 0. The molecule has 2 aliphatic rings. The highest BCUT2D eigenvalue weighted by Gasteiger charge is 2.20. The van der Waals surface area contributed by atoms with E-state index >= 15 is 0 Å². The van der Waals surface area contributed by atoms with E-state index < -0.39 is 0 Å². The second-order valence-electron chi connectivity index (χ2n) is 6.66. The SMILES string of the molecule is C1=C(c2cnn(C3CCNCC3)c2)SCCN1c1ncnc2[nH]ccc12. The first-order valence-electron chi connectivity index (χ1n) is 9.03. The number of hydrogen-bond donors (Lipinski definition) is 2. The maximum Gasteiger partial charge on any atom is 0.145 e. The molecule has 134 valence electrons. The van der Waals surface area contributed by atoms with Crippen LogP contribution in [0, 0.1) is 0 Å². The summed E-state index contributed by atoms with van der Waals surface area (Å²) < 4.78 is 2.14. The summed E-state index contributed by atoms with van der Waals surface area (Å²) >= 11 is 1.88. The van der Waals surface area contributed by atoms with Crippen LogP contribution in [0.5, 0.6) is 0 Å². The van der Waals surface area contributed by atoms with E-state index in [0.29, 0.717) is 6.04 Å². The molecule has 0 aromatic carbocycles. The molecule has 0 atom stereocenters. The molecule has 0 bridgehead atoms. The lowest BCUT2D eigenvalue weighted by atomic mass is 10.1. The van der Waals surface area contributed by atoms with Crippen LogP contribution in [0.2, 0.25) is 0 Å². The number of hydrogen-bond acceptors (Lipinski definition) is 6. The first kappa shape index (κ1) is 15.9. The van der Waals surface area contributed by atoms with Crippen LogP contribution in [0.4, 0.5) is 5.82 Å². The molecule has 0 aliphatic carbocycles. The van der Waals surface area contributed by atoms with Crippen molar-refractivity contribution in [2.75, 3.05) is 30.3 Å². The van der Waals surface area contributed by atoms with Gasteiger partial charge in [-0.15, -0.1) is 11.8 Å². The number of nitrogens with one attached hydrogen (secondary N) is 2. The first-order valence-corrected chi connectivity index (χ1v) is 10.0. The van der Waals surface area contributed by atoms with Crippen LogP contribution >= 0.6 is 11.8 Å². The van der Waals surface area contributed by atoms with Crippen molar-refractivity contribution < 1.29 is 0 Å². The van der Waals surface area contributed by atoms with E-state index in [1.807, 2.05) is 30.2 Å². The molecule has 5 heterocycles. The lowest BCUT2D eigenvalue weighted by Gasteiger charge is -2.25. The Morgan fingerprint density at radius 1 is 1.19 bits per heavy atom. The minimum absolute atomic E-state index is 0.511. The van der Waals surface area contributed by atoms with Crippen LogP contribution in [-0.4, -0.2) is 50.1 Å². The zero-order valence-electron chi connectivity index (χ0n) is 14.4. The highest BCUT2D eigenvalue weighted by Crippen LogP contribution is 2.34. The maximum absolute atomic E-state index is 4.64. The van der Waals surface area contributed by atoms with E-state index in [4.69, 9.17) is 0 Å². The minimum Gasteiger partial charge on any atom is -0.346 e. The predicted molar refractivity (Wildman–Crippen MR) is 105 cm³/mol. The molecule has 1 saturated heterocycles. The van der Waals surface area contributed by atoms with Crippen molar-refractivity contribution in [1.29, 1.82) is 0 Å². The third-order valence-corrected chi connectivity index (χ3v) is 6.08. The summed E-state index contributed by atoms with van der Waals surface area (Å²) in [6, 6.07) is 2.55. The third kappa shape index (κ3) is 2.89. The molecule has 1 fully saturated rings. The number of piperidine rings is 1. The zero-order valence-corrected chi connectivity index (χ0v) is 15.2. The standard InChI is InChI=1S/C18H21N7S/c1-4-19-5-2-14(1)25-10-13(9-23-25)16-11-24(7-8-26-16)18-15-3-6-20-17(15)21-12-22-18/h3,6,9-12,14,19H,1-2,4-5,7-8H2,(H,20,21,22). The van der Waals surface area contributed by atoms with Gasteiger partial charge in [0.2, 0.25) is 0 Å². The van der Waals surface area contributed by atoms with Crippen molar-refractivity contribution in [1.82, 2.24) is 30.0 Å². The molecular formula is C18H21N7S. The Bertz CT molecular complexity index is 938. The molecule has 0 saturated carbocycles. The Morgan fingerprint density at radius 3 is 3.04 bits per heavy atom. The van der Waals surface area contributed by atoms with Gasteiger partial charge in [0.15, 0.2) is 0 Å². The van der Waals surface area contributed by atoms with Crippen LogP contribution in [0.3, 0.4) is 0 Å². The summed E-state index contributed by atoms with van der Waals surface area (Å²) in [6.45, 7) is 3.09. The van der Waals surface area contributed by atoms with Gasteiger partial charge in [0, 0.05) is 41.4 Å². The lowest BCUT2D eigenvalue weighted by molar-refractivity contribution is 0.343.